The quantitative estimate of drug-likeness (QED) is 0.635. The molecule has 0 radical (unpaired) electrons. The molecule has 84 valence electrons. The molecular formula is C10H21NO3. The van der Waals surface area contributed by atoms with Gasteiger partial charge in [-0.05, 0) is 19.3 Å². The summed E-state index contributed by atoms with van der Waals surface area (Å²) < 4.78 is 4.94. The van der Waals surface area contributed by atoms with Crippen LogP contribution in [0.15, 0.2) is 0 Å². The Morgan fingerprint density at radius 2 is 2.14 bits per heavy atom. The molecule has 0 spiro atoms. The molecule has 2 atom stereocenters. The fraction of sp³-hybridized carbons (Fsp3) is 0.900. The van der Waals surface area contributed by atoms with Crippen LogP contribution in [0.4, 0.5) is 0 Å². The number of methoxy groups -OCH3 is 1. The van der Waals surface area contributed by atoms with Crippen molar-refractivity contribution in [2.45, 2.75) is 32.7 Å². The first kappa shape index (κ1) is 13.4. The molecule has 4 heteroatoms. The van der Waals surface area contributed by atoms with Crippen LogP contribution in [0.1, 0.15) is 26.7 Å². The van der Waals surface area contributed by atoms with E-state index < -0.39 is 0 Å². The van der Waals surface area contributed by atoms with E-state index in [1.165, 1.54) is 0 Å². The van der Waals surface area contributed by atoms with E-state index in [9.17, 15) is 4.79 Å². The van der Waals surface area contributed by atoms with Crippen LogP contribution >= 0.6 is 0 Å². The van der Waals surface area contributed by atoms with Gasteiger partial charge in [0.1, 0.15) is 0 Å². The van der Waals surface area contributed by atoms with Gasteiger partial charge >= 0.3 is 0 Å². The number of hydrogen-bond donors (Lipinski definition) is 2. The van der Waals surface area contributed by atoms with Gasteiger partial charge in [-0.25, -0.2) is 0 Å². The Morgan fingerprint density at radius 3 is 2.64 bits per heavy atom. The van der Waals surface area contributed by atoms with Gasteiger partial charge in [-0.1, -0.05) is 6.92 Å². The minimum atomic E-state index is 0.0236. The van der Waals surface area contributed by atoms with Gasteiger partial charge in [-0.3, -0.25) is 4.79 Å². The zero-order valence-electron chi connectivity index (χ0n) is 9.25. The van der Waals surface area contributed by atoms with Gasteiger partial charge in [0, 0.05) is 32.8 Å². The predicted octanol–water partition coefficient (Wildman–Crippen LogP) is 0.546. The van der Waals surface area contributed by atoms with Crippen molar-refractivity contribution in [2.75, 3.05) is 20.3 Å². The Balaban J connectivity index is 3.63. The number of rotatable bonds is 7. The van der Waals surface area contributed by atoms with E-state index in [1.807, 2.05) is 13.8 Å². The second-order valence-electron chi connectivity index (χ2n) is 3.75. The molecule has 0 rings (SSSR count). The topological polar surface area (TPSA) is 58.6 Å². The fourth-order valence-corrected chi connectivity index (χ4v) is 1.26. The van der Waals surface area contributed by atoms with E-state index in [4.69, 9.17) is 9.84 Å². The minimum Gasteiger partial charge on any atom is -0.396 e. The standard InChI is InChI=1S/C10H21NO3/c1-8(7-14-3)6-10(13)11-9(2)4-5-12/h8-9,12H,4-7H2,1-3H3,(H,11,13). The zero-order valence-corrected chi connectivity index (χ0v) is 9.25. The highest BCUT2D eigenvalue weighted by atomic mass is 16.5. The van der Waals surface area contributed by atoms with Crippen molar-refractivity contribution in [3.63, 3.8) is 0 Å². The molecule has 0 heterocycles. The molecule has 0 saturated carbocycles. The van der Waals surface area contributed by atoms with E-state index in [0.29, 0.717) is 19.4 Å². The van der Waals surface area contributed by atoms with Crippen molar-refractivity contribution in [3.8, 4) is 0 Å². The van der Waals surface area contributed by atoms with Gasteiger partial charge < -0.3 is 15.2 Å². The molecule has 14 heavy (non-hydrogen) atoms. The molecule has 4 nitrogen and oxygen atoms in total. The average Bonchev–Trinajstić information content (AvgIpc) is 2.03. The van der Waals surface area contributed by atoms with Crippen molar-refractivity contribution in [2.24, 2.45) is 5.92 Å². The van der Waals surface area contributed by atoms with Crippen LogP contribution in [0.2, 0.25) is 0 Å². The molecule has 0 aliphatic heterocycles. The van der Waals surface area contributed by atoms with Gasteiger partial charge in [0.25, 0.3) is 0 Å². The molecule has 0 aromatic carbocycles. The molecule has 2 N–H and O–H groups in total. The first-order valence-corrected chi connectivity index (χ1v) is 4.99. The number of aliphatic hydroxyl groups is 1. The highest BCUT2D eigenvalue weighted by Crippen LogP contribution is 2.02. The van der Waals surface area contributed by atoms with Crippen molar-refractivity contribution in [3.05, 3.63) is 0 Å². The van der Waals surface area contributed by atoms with Gasteiger partial charge in [0.15, 0.2) is 0 Å². The van der Waals surface area contributed by atoms with Crippen LogP contribution in [0.25, 0.3) is 0 Å². The molecular weight excluding hydrogens is 182 g/mol. The SMILES string of the molecule is COCC(C)CC(=O)NC(C)CCO. The van der Waals surface area contributed by atoms with E-state index in [0.717, 1.165) is 0 Å². The third kappa shape index (κ3) is 6.86. The number of ether oxygens (including phenoxy) is 1. The lowest BCUT2D eigenvalue weighted by Crippen LogP contribution is -2.34. The van der Waals surface area contributed by atoms with Crippen molar-refractivity contribution < 1.29 is 14.6 Å². The largest absolute Gasteiger partial charge is 0.396 e. The number of hydrogen-bond acceptors (Lipinski definition) is 3. The predicted molar refractivity (Wildman–Crippen MR) is 55.0 cm³/mol. The van der Waals surface area contributed by atoms with E-state index in [1.54, 1.807) is 7.11 Å². The molecule has 0 aromatic rings. The summed E-state index contributed by atoms with van der Waals surface area (Å²) in [7, 11) is 1.63. The molecule has 0 fully saturated rings. The molecule has 2 unspecified atom stereocenters. The summed E-state index contributed by atoms with van der Waals surface area (Å²) in [5.41, 5.74) is 0. The first-order chi connectivity index (χ1) is 6.60. The molecule has 0 bridgehead atoms. The number of amides is 1. The Bertz CT molecular complexity index is 145. The average molecular weight is 203 g/mol. The normalized spacial score (nSPS) is 14.9. The summed E-state index contributed by atoms with van der Waals surface area (Å²) in [5.74, 6) is 0.261. The molecule has 1 amide bonds. The van der Waals surface area contributed by atoms with Crippen LogP contribution in [0, 0.1) is 5.92 Å². The Kier molecular flexibility index (Phi) is 7.42. The van der Waals surface area contributed by atoms with Crippen molar-refractivity contribution in [1.82, 2.24) is 5.32 Å². The smallest absolute Gasteiger partial charge is 0.220 e. The molecule has 0 aliphatic carbocycles. The fourth-order valence-electron chi connectivity index (χ4n) is 1.26. The van der Waals surface area contributed by atoms with Gasteiger partial charge in [-0.2, -0.15) is 0 Å². The Morgan fingerprint density at radius 1 is 1.50 bits per heavy atom. The number of carbonyl (C=O) groups is 1. The van der Waals surface area contributed by atoms with Crippen LogP contribution < -0.4 is 5.32 Å². The lowest BCUT2D eigenvalue weighted by Gasteiger charge is -2.14. The van der Waals surface area contributed by atoms with Crippen LogP contribution in [0.3, 0.4) is 0 Å². The van der Waals surface area contributed by atoms with Gasteiger partial charge in [0.2, 0.25) is 5.91 Å². The summed E-state index contributed by atoms with van der Waals surface area (Å²) in [6.07, 6.45) is 1.08. The lowest BCUT2D eigenvalue weighted by molar-refractivity contribution is -0.122. The van der Waals surface area contributed by atoms with E-state index in [-0.39, 0.29) is 24.5 Å². The molecule has 0 saturated heterocycles. The third-order valence-corrected chi connectivity index (χ3v) is 1.95. The van der Waals surface area contributed by atoms with Crippen molar-refractivity contribution >= 4 is 5.91 Å². The van der Waals surface area contributed by atoms with E-state index in [2.05, 4.69) is 5.32 Å². The van der Waals surface area contributed by atoms with Crippen LogP contribution in [-0.4, -0.2) is 37.4 Å². The maximum atomic E-state index is 11.4. The monoisotopic (exact) mass is 203 g/mol. The Labute approximate surface area is 85.6 Å². The number of nitrogens with one attached hydrogen (secondary N) is 1. The minimum absolute atomic E-state index is 0.0236. The summed E-state index contributed by atoms with van der Waals surface area (Å²) >= 11 is 0. The summed E-state index contributed by atoms with van der Waals surface area (Å²) in [6, 6.07) is 0.0437. The first-order valence-electron chi connectivity index (χ1n) is 4.99. The number of aliphatic hydroxyl groups excluding tert-OH is 1. The maximum Gasteiger partial charge on any atom is 0.220 e. The van der Waals surface area contributed by atoms with Crippen LogP contribution in [0.5, 0.6) is 0 Å². The third-order valence-electron chi connectivity index (χ3n) is 1.95. The highest BCUT2D eigenvalue weighted by molar-refractivity contribution is 5.76. The second-order valence-corrected chi connectivity index (χ2v) is 3.75. The zero-order chi connectivity index (χ0) is 11.0. The molecule has 0 aromatic heterocycles. The Hall–Kier alpha value is -0.610. The van der Waals surface area contributed by atoms with E-state index >= 15 is 0 Å². The van der Waals surface area contributed by atoms with Gasteiger partial charge in [-0.15, -0.1) is 0 Å². The van der Waals surface area contributed by atoms with Crippen molar-refractivity contribution in [1.29, 1.82) is 0 Å². The second kappa shape index (κ2) is 7.76. The summed E-state index contributed by atoms with van der Waals surface area (Å²) in [4.78, 5) is 11.4. The van der Waals surface area contributed by atoms with Crippen LogP contribution in [-0.2, 0) is 9.53 Å². The highest BCUT2D eigenvalue weighted by Gasteiger charge is 2.10. The number of carbonyl (C=O) groups excluding carboxylic acids is 1. The summed E-state index contributed by atoms with van der Waals surface area (Å²) in [5, 5.41) is 11.5. The lowest BCUT2D eigenvalue weighted by atomic mass is 10.1. The summed E-state index contributed by atoms with van der Waals surface area (Å²) in [6.45, 7) is 4.56. The van der Waals surface area contributed by atoms with Gasteiger partial charge in [0.05, 0.1) is 0 Å². The maximum absolute atomic E-state index is 11.4. The molecule has 0 aliphatic rings.